The molecule has 0 bridgehead atoms. The number of nitrogens with zero attached hydrogens (tertiary/aromatic N) is 3. The molecule has 3 heterocycles. The van der Waals surface area contributed by atoms with Gasteiger partial charge in [0.1, 0.15) is 18.1 Å². The lowest BCUT2D eigenvalue weighted by atomic mass is 10.0. The molecule has 1 N–H and O–H groups in total. The van der Waals surface area contributed by atoms with Crippen molar-refractivity contribution in [1.29, 1.82) is 5.26 Å². The predicted molar refractivity (Wildman–Crippen MR) is 80.8 cm³/mol. The zero-order chi connectivity index (χ0) is 15.0. The Bertz CT molecular complexity index is 711. The van der Waals surface area contributed by atoms with Gasteiger partial charge in [-0.05, 0) is 29.4 Å². The second-order valence-corrected chi connectivity index (χ2v) is 6.03. The maximum absolute atomic E-state index is 14.1. The minimum atomic E-state index is -0.938. The van der Waals surface area contributed by atoms with Crippen molar-refractivity contribution in [2.24, 2.45) is 0 Å². The molecule has 7 heteroatoms. The topological polar surface area (TPSA) is 65.1 Å². The Hall–Kier alpha value is -1.65. The smallest absolute Gasteiger partial charge is 0.204 e. The number of nitrogens with one attached hydrogen (secondary N) is 1. The minimum Gasteiger partial charge on any atom is -0.444 e. The van der Waals surface area contributed by atoms with Crippen LogP contribution in [0.3, 0.4) is 0 Å². The van der Waals surface area contributed by atoms with Gasteiger partial charge in [-0.3, -0.25) is 0 Å². The van der Waals surface area contributed by atoms with Crippen molar-refractivity contribution in [3.8, 4) is 6.07 Å². The van der Waals surface area contributed by atoms with Crippen LogP contribution < -0.4 is 5.32 Å². The Labute approximate surface area is 129 Å². The third kappa shape index (κ3) is 2.74. The summed E-state index contributed by atoms with van der Waals surface area (Å²) in [6, 6.07) is 3.34. The summed E-state index contributed by atoms with van der Waals surface area (Å²) in [7, 11) is 1.91. The predicted octanol–water partition coefficient (Wildman–Crippen LogP) is 2.92. The van der Waals surface area contributed by atoms with Crippen LogP contribution >= 0.6 is 15.9 Å². The highest BCUT2D eigenvalue weighted by molar-refractivity contribution is 9.10. The van der Waals surface area contributed by atoms with Crippen LogP contribution in [0.1, 0.15) is 12.2 Å². The Morgan fingerprint density at radius 1 is 1.62 bits per heavy atom. The number of likely N-dealkylation sites (tertiary alicyclic amines) is 1. The van der Waals surface area contributed by atoms with Gasteiger partial charge in [-0.25, -0.2) is 9.37 Å². The molecule has 0 saturated carbocycles. The molecule has 1 aliphatic heterocycles. The number of fused-ring (bicyclic) bond motifs is 1. The number of hydrogen-bond acceptors (Lipinski definition) is 5. The summed E-state index contributed by atoms with van der Waals surface area (Å²) in [5, 5.41) is 12.8. The van der Waals surface area contributed by atoms with E-state index in [-0.39, 0.29) is 11.8 Å². The first-order valence-electron chi connectivity index (χ1n) is 6.66. The number of alkyl halides is 1. The molecule has 5 nitrogen and oxygen atoms in total. The molecule has 0 radical (unpaired) electrons. The van der Waals surface area contributed by atoms with Gasteiger partial charge in [-0.15, -0.1) is 0 Å². The third-order valence-corrected chi connectivity index (χ3v) is 4.50. The molecule has 1 aliphatic rings. The van der Waals surface area contributed by atoms with E-state index in [1.54, 1.807) is 12.3 Å². The van der Waals surface area contributed by atoms with Crippen molar-refractivity contribution in [3.05, 3.63) is 22.5 Å². The SMILES string of the molecule is CN1CC[C@H](Nc2ncc3oc(C#N)cc3c2Br)[C@@H](F)C1. The van der Waals surface area contributed by atoms with E-state index in [4.69, 9.17) is 9.68 Å². The summed E-state index contributed by atoms with van der Waals surface area (Å²) in [4.78, 5) is 6.24. The van der Waals surface area contributed by atoms with Crippen molar-refractivity contribution in [2.75, 3.05) is 25.5 Å². The molecule has 0 amide bonds. The zero-order valence-electron chi connectivity index (χ0n) is 11.4. The highest BCUT2D eigenvalue weighted by Gasteiger charge is 2.28. The number of rotatable bonds is 2. The number of piperidine rings is 1. The maximum atomic E-state index is 14.1. The Balaban J connectivity index is 1.87. The molecule has 3 rings (SSSR count). The number of halogens is 2. The summed E-state index contributed by atoms with van der Waals surface area (Å²) in [6.07, 6.45) is 1.33. The average Bonchev–Trinajstić information content (AvgIpc) is 2.88. The fourth-order valence-corrected chi connectivity index (χ4v) is 3.06. The number of pyridine rings is 1. The second-order valence-electron chi connectivity index (χ2n) is 5.24. The largest absolute Gasteiger partial charge is 0.444 e. The summed E-state index contributed by atoms with van der Waals surface area (Å²) in [6.45, 7) is 1.27. The Kier molecular flexibility index (Phi) is 3.83. The Morgan fingerprint density at radius 2 is 2.43 bits per heavy atom. The van der Waals surface area contributed by atoms with Gasteiger partial charge in [0.15, 0.2) is 5.58 Å². The normalized spacial score (nSPS) is 23.1. The lowest BCUT2D eigenvalue weighted by molar-refractivity contribution is 0.149. The molecular formula is C14H14BrFN4O. The van der Waals surface area contributed by atoms with Crippen molar-refractivity contribution in [3.63, 3.8) is 0 Å². The number of furan rings is 1. The molecule has 2 atom stereocenters. The summed E-state index contributed by atoms with van der Waals surface area (Å²) < 4.78 is 20.1. The minimum absolute atomic E-state index is 0.229. The number of hydrogen-bond donors (Lipinski definition) is 1. The average molecular weight is 353 g/mol. The van der Waals surface area contributed by atoms with Gasteiger partial charge in [-0.2, -0.15) is 5.26 Å². The van der Waals surface area contributed by atoms with E-state index in [1.807, 2.05) is 18.0 Å². The molecule has 2 aromatic rings. The quantitative estimate of drug-likeness (QED) is 0.899. The first-order chi connectivity index (χ1) is 10.1. The zero-order valence-corrected chi connectivity index (χ0v) is 13.0. The van der Waals surface area contributed by atoms with Gasteiger partial charge in [0.25, 0.3) is 0 Å². The van der Waals surface area contributed by atoms with Crippen LogP contribution in [0.5, 0.6) is 0 Å². The number of nitriles is 1. The lowest BCUT2D eigenvalue weighted by Gasteiger charge is -2.33. The van der Waals surface area contributed by atoms with Crippen molar-refractivity contribution >= 4 is 32.7 Å². The van der Waals surface area contributed by atoms with E-state index >= 15 is 0 Å². The monoisotopic (exact) mass is 352 g/mol. The Morgan fingerprint density at radius 3 is 3.14 bits per heavy atom. The number of anilines is 1. The van der Waals surface area contributed by atoms with Gasteiger partial charge in [-0.1, -0.05) is 0 Å². The van der Waals surface area contributed by atoms with Gasteiger partial charge < -0.3 is 14.6 Å². The molecule has 0 aromatic carbocycles. The van der Waals surface area contributed by atoms with Crippen LogP contribution in [0.2, 0.25) is 0 Å². The van der Waals surface area contributed by atoms with Crippen molar-refractivity contribution in [2.45, 2.75) is 18.6 Å². The molecule has 21 heavy (non-hydrogen) atoms. The lowest BCUT2D eigenvalue weighted by Crippen LogP contribution is -2.46. The summed E-state index contributed by atoms with van der Waals surface area (Å²) >= 11 is 3.46. The molecule has 1 fully saturated rings. The van der Waals surface area contributed by atoms with Gasteiger partial charge >= 0.3 is 0 Å². The van der Waals surface area contributed by atoms with Crippen LogP contribution in [0, 0.1) is 11.3 Å². The first-order valence-corrected chi connectivity index (χ1v) is 7.45. The molecule has 0 unspecified atom stereocenters. The molecule has 0 spiro atoms. The van der Waals surface area contributed by atoms with Gasteiger partial charge in [0, 0.05) is 24.5 Å². The van der Waals surface area contributed by atoms with E-state index in [0.717, 1.165) is 18.4 Å². The van der Waals surface area contributed by atoms with E-state index in [0.29, 0.717) is 22.4 Å². The third-order valence-electron chi connectivity index (χ3n) is 3.69. The highest BCUT2D eigenvalue weighted by Crippen LogP contribution is 2.32. The molecular weight excluding hydrogens is 339 g/mol. The van der Waals surface area contributed by atoms with E-state index in [2.05, 4.69) is 26.2 Å². The summed E-state index contributed by atoms with van der Waals surface area (Å²) in [5.41, 5.74) is 0.532. The van der Waals surface area contributed by atoms with E-state index < -0.39 is 6.17 Å². The molecule has 110 valence electrons. The maximum Gasteiger partial charge on any atom is 0.204 e. The molecule has 0 aliphatic carbocycles. The van der Waals surface area contributed by atoms with Crippen LogP contribution in [0.15, 0.2) is 21.2 Å². The van der Waals surface area contributed by atoms with Gasteiger partial charge in [0.2, 0.25) is 5.76 Å². The highest BCUT2D eigenvalue weighted by atomic mass is 79.9. The second kappa shape index (κ2) is 5.62. The van der Waals surface area contributed by atoms with Crippen LogP contribution in [-0.4, -0.2) is 42.2 Å². The van der Waals surface area contributed by atoms with Crippen LogP contribution in [0.25, 0.3) is 11.0 Å². The molecule has 2 aromatic heterocycles. The van der Waals surface area contributed by atoms with E-state index in [9.17, 15) is 4.39 Å². The number of aromatic nitrogens is 1. The fraction of sp³-hybridized carbons (Fsp3) is 0.429. The van der Waals surface area contributed by atoms with E-state index in [1.165, 1.54) is 0 Å². The first kappa shape index (κ1) is 14.3. The standard InChI is InChI=1S/C14H14BrFN4O/c1-20-3-2-11(10(16)7-20)19-14-13(15)9-4-8(5-17)21-12(9)6-18-14/h4,6,10-11H,2-3,7H2,1H3,(H,18,19)/t10-,11-/m0/s1. The van der Waals surface area contributed by atoms with Crippen molar-refractivity contribution < 1.29 is 8.81 Å². The van der Waals surface area contributed by atoms with Crippen LogP contribution in [0.4, 0.5) is 10.2 Å². The summed E-state index contributed by atoms with van der Waals surface area (Å²) in [5.74, 6) is 0.803. The van der Waals surface area contributed by atoms with Gasteiger partial charge in [0.05, 0.1) is 16.7 Å². The van der Waals surface area contributed by atoms with Crippen molar-refractivity contribution in [1.82, 2.24) is 9.88 Å². The fourth-order valence-electron chi connectivity index (χ4n) is 2.53. The molecule has 1 saturated heterocycles. The van der Waals surface area contributed by atoms with Crippen LogP contribution in [-0.2, 0) is 0 Å².